The first-order chi connectivity index (χ1) is 11.5. The van der Waals surface area contributed by atoms with Gasteiger partial charge < -0.3 is 4.90 Å². The van der Waals surface area contributed by atoms with E-state index in [1.165, 1.54) is 24.1 Å². The molecule has 4 nitrogen and oxygen atoms in total. The van der Waals surface area contributed by atoms with Gasteiger partial charge in [0.05, 0.1) is 11.8 Å². The summed E-state index contributed by atoms with van der Waals surface area (Å²) in [5, 5.41) is 5.99. The molecule has 2 aromatic rings. The molecule has 0 radical (unpaired) electrons. The molecule has 0 spiro atoms. The first-order valence-electron chi connectivity index (χ1n) is 7.86. The third-order valence-electron chi connectivity index (χ3n) is 4.20. The Bertz CT molecular complexity index is 766. The van der Waals surface area contributed by atoms with Crippen LogP contribution in [0.3, 0.4) is 0 Å². The van der Waals surface area contributed by atoms with Gasteiger partial charge in [-0.25, -0.2) is 9.40 Å². The van der Waals surface area contributed by atoms with Crippen LogP contribution in [0.1, 0.15) is 30.5 Å². The Hall–Kier alpha value is -2.69. The number of hydrogen-bond acceptors (Lipinski definition) is 3. The van der Waals surface area contributed by atoms with Crippen molar-refractivity contribution in [2.24, 2.45) is 5.10 Å². The molecule has 5 heteroatoms. The normalized spacial score (nSPS) is 16.9. The summed E-state index contributed by atoms with van der Waals surface area (Å²) in [6.07, 6.45) is 0.618. The van der Waals surface area contributed by atoms with Crippen molar-refractivity contribution in [3.05, 3.63) is 65.5 Å². The average Bonchev–Trinajstić information content (AvgIpc) is 3.01. The molecule has 2 aromatic carbocycles. The van der Waals surface area contributed by atoms with Crippen LogP contribution < -0.4 is 4.90 Å². The van der Waals surface area contributed by atoms with Crippen LogP contribution in [0.2, 0.25) is 0 Å². The van der Waals surface area contributed by atoms with Gasteiger partial charge >= 0.3 is 0 Å². The van der Waals surface area contributed by atoms with Crippen molar-refractivity contribution in [1.82, 2.24) is 5.01 Å². The average molecular weight is 325 g/mol. The molecule has 1 atom stereocenters. The molecule has 0 fully saturated rings. The zero-order valence-electron chi connectivity index (χ0n) is 14.0. The summed E-state index contributed by atoms with van der Waals surface area (Å²) in [6, 6.07) is 14.2. The van der Waals surface area contributed by atoms with Gasteiger partial charge in [-0.3, -0.25) is 4.79 Å². The molecule has 0 N–H and O–H groups in total. The number of carbonyl (C=O) groups is 1. The van der Waals surface area contributed by atoms with Gasteiger partial charge in [0, 0.05) is 33.1 Å². The fourth-order valence-corrected chi connectivity index (χ4v) is 2.87. The molecular formula is C19H20FN3O. The number of hydrazone groups is 1. The number of hydrogen-bond donors (Lipinski definition) is 0. The van der Waals surface area contributed by atoms with Crippen LogP contribution >= 0.6 is 0 Å². The fourth-order valence-electron chi connectivity index (χ4n) is 2.87. The van der Waals surface area contributed by atoms with Crippen LogP contribution in [0.5, 0.6) is 0 Å². The lowest BCUT2D eigenvalue weighted by Gasteiger charge is -2.21. The SMILES string of the molecule is CC(=O)N1N=C(c2ccc(F)cc2)C[C@H]1c1ccc(N(C)C)cc1. The lowest BCUT2D eigenvalue weighted by atomic mass is 9.98. The van der Waals surface area contributed by atoms with Crippen molar-refractivity contribution in [3.63, 3.8) is 0 Å². The standard InChI is InChI=1S/C19H20FN3O/c1-13(24)23-19(15-6-10-17(11-7-15)22(2)3)12-18(21-23)14-4-8-16(20)9-5-14/h4-11,19H,12H2,1-3H3/t19-/m0/s1. The van der Waals surface area contributed by atoms with Crippen molar-refractivity contribution in [2.75, 3.05) is 19.0 Å². The highest BCUT2D eigenvalue weighted by Crippen LogP contribution is 2.33. The third-order valence-corrected chi connectivity index (χ3v) is 4.20. The van der Waals surface area contributed by atoms with Crippen LogP contribution in [0, 0.1) is 5.82 Å². The van der Waals surface area contributed by atoms with Gasteiger partial charge in [0.25, 0.3) is 0 Å². The van der Waals surface area contributed by atoms with E-state index in [1.807, 2.05) is 43.3 Å². The quantitative estimate of drug-likeness (QED) is 0.864. The smallest absolute Gasteiger partial charge is 0.240 e. The molecule has 24 heavy (non-hydrogen) atoms. The van der Waals surface area contributed by atoms with Gasteiger partial charge in [0.15, 0.2) is 0 Å². The fraction of sp³-hybridized carbons (Fsp3) is 0.263. The summed E-state index contributed by atoms with van der Waals surface area (Å²) in [5.41, 5.74) is 3.78. The number of halogens is 1. The minimum Gasteiger partial charge on any atom is -0.378 e. The van der Waals surface area contributed by atoms with Gasteiger partial charge in [0.1, 0.15) is 5.82 Å². The third kappa shape index (κ3) is 3.15. The molecule has 0 unspecified atom stereocenters. The second-order valence-electron chi connectivity index (χ2n) is 6.12. The first kappa shape index (κ1) is 16.2. The van der Waals surface area contributed by atoms with E-state index in [0.717, 1.165) is 22.5 Å². The number of benzene rings is 2. The maximum absolute atomic E-state index is 13.1. The zero-order chi connectivity index (χ0) is 17.3. The van der Waals surface area contributed by atoms with Crippen LogP contribution in [-0.2, 0) is 4.79 Å². The van der Waals surface area contributed by atoms with Gasteiger partial charge in [-0.1, -0.05) is 24.3 Å². The van der Waals surface area contributed by atoms with E-state index < -0.39 is 0 Å². The second-order valence-corrected chi connectivity index (χ2v) is 6.12. The minimum absolute atomic E-state index is 0.103. The van der Waals surface area contributed by atoms with Crippen molar-refractivity contribution in [3.8, 4) is 0 Å². The minimum atomic E-state index is -0.281. The van der Waals surface area contributed by atoms with E-state index in [1.54, 1.807) is 12.1 Å². The van der Waals surface area contributed by atoms with Gasteiger partial charge in [-0.2, -0.15) is 5.10 Å². The molecule has 0 saturated carbocycles. The highest BCUT2D eigenvalue weighted by molar-refractivity contribution is 6.03. The van der Waals surface area contributed by atoms with E-state index in [9.17, 15) is 9.18 Å². The highest BCUT2D eigenvalue weighted by atomic mass is 19.1. The van der Waals surface area contributed by atoms with Crippen molar-refractivity contribution < 1.29 is 9.18 Å². The predicted molar refractivity (Wildman–Crippen MR) is 93.6 cm³/mol. The Morgan fingerprint density at radius 1 is 1.12 bits per heavy atom. The summed E-state index contributed by atoms with van der Waals surface area (Å²) in [4.78, 5) is 14.0. The topological polar surface area (TPSA) is 35.9 Å². The molecule has 1 heterocycles. The van der Waals surface area contributed by atoms with E-state index in [0.29, 0.717) is 6.42 Å². The maximum Gasteiger partial charge on any atom is 0.240 e. The van der Waals surface area contributed by atoms with Gasteiger partial charge in [-0.05, 0) is 35.4 Å². The first-order valence-corrected chi connectivity index (χ1v) is 7.86. The summed E-state index contributed by atoms with van der Waals surface area (Å²) < 4.78 is 13.1. The molecule has 1 aliphatic heterocycles. The Balaban J connectivity index is 1.89. The Morgan fingerprint density at radius 2 is 1.75 bits per heavy atom. The van der Waals surface area contributed by atoms with Crippen molar-refractivity contribution in [2.45, 2.75) is 19.4 Å². The molecule has 1 aliphatic rings. The lowest BCUT2D eigenvalue weighted by molar-refractivity contribution is -0.130. The Kier molecular flexibility index (Phi) is 4.34. The molecule has 0 aromatic heterocycles. The molecule has 0 bridgehead atoms. The number of anilines is 1. The van der Waals surface area contributed by atoms with Crippen molar-refractivity contribution in [1.29, 1.82) is 0 Å². The van der Waals surface area contributed by atoms with Crippen LogP contribution in [0.15, 0.2) is 53.6 Å². The number of amides is 1. The zero-order valence-corrected chi connectivity index (χ0v) is 14.0. The second kappa shape index (κ2) is 6.43. The summed E-state index contributed by atoms with van der Waals surface area (Å²) in [6.45, 7) is 1.51. The Morgan fingerprint density at radius 3 is 2.29 bits per heavy atom. The molecule has 3 rings (SSSR count). The van der Waals surface area contributed by atoms with E-state index in [2.05, 4.69) is 5.10 Å². The molecule has 1 amide bonds. The highest BCUT2D eigenvalue weighted by Gasteiger charge is 2.31. The number of nitrogens with zero attached hydrogens (tertiary/aromatic N) is 3. The largest absolute Gasteiger partial charge is 0.378 e. The molecular weight excluding hydrogens is 305 g/mol. The predicted octanol–water partition coefficient (Wildman–Crippen LogP) is 3.59. The summed E-state index contributed by atoms with van der Waals surface area (Å²) in [5.74, 6) is -0.384. The van der Waals surface area contributed by atoms with Crippen LogP contribution in [0.4, 0.5) is 10.1 Å². The van der Waals surface area contributed by atoms with Crippen LogP contribution in [0.25, 0.3) is 0 Å². The van der Waals surface area contributed by atoms with Gasteiger partial charge in [-0.15, -0.1) is 0 Å². The molecule has 124 valence electrons. The monoisotopic (exact) mass is 325 g/mol. The van der Waals surface area contributed by atoms with E-state index in [4.69, 9.17) is 0 Å². The summed E-state index contributed by atoms with van der Waals surface area (Å²) in [7, 11) is 3.98. The summed E-state index contributed by atoms with van der Waals surface area (Å²) >= 11 is 0. The van der Waals surface area contributed by atoms with Crippen molar-refractivity contribution >= 4 is 17.3 Å². The Labute approximate surface area is 141 Å². The lowest BCUT2D eigenvalue weighted by Crippen LogP contribution is -2.24. The molecule has 0 saturated heterocycles. The van der Waals surface area contributed by atoms with Gasteiger partial charge in [0.2, 0.25) is 5.91 Å². The maximum atomic E-state index is 13.1. The molecule has 0 aliphatic carbocycles. The number of rotatable bonds is 3. The van der Waals surface area contributed by atoms with Crippen LogP contribution in [-0.4, -0.2) is 30.7 Å². The number of carbonyl (C=O) groups excluding carboxylic acids is 1. The van der Waals surface area contributed by atoms with E-state index >= 15 is 0 Å². The van der Waals surface area contributed by atoms with E-state index in [-0.39, 0.29) is 17.8 Å².